The Hall–Kier alpha value is -1.42. The number of aliphatic imine (C=N–C) groups is 1. The molecule has 2 rings (SSSR count). The van der Waals surface area contributed by atoms with Gasteiger partial charge in [-0.3, -0.25) is 9.79 Å². The molecule has 1 fully saturated rings. The molecule has 0 aromatic heterocycles. The van der Waals surface area contributed by atoms with Crippen LogP contribution in [-0.4, -0.2) is 36.8 Å². The van der Waals surface area contributed by atoms with Crippen LogP contribution in [-0.2, 0) is 9.53 Å². The minimum atomic E-state index is 0.0125. The van der Waals surface area contributed by atoms with E-state index in [1.165, 1.54) is 0 Å². The molecule has 0 bridgehead atoms. The molecule has 0 aromatic rings. The highest BCUT2D eigenvalue weighted by Gasteiger charge is 2.21. The lowest BCUT2D eigenvalue weighted by molar-refractivity contribution is -0.139. The first kappa shape index (κ1) is 10.1. The summed E-state index contributed by atoms with van der Waals surface area (Å²) in [4.78, 5) is 17.6. The van der Waals surface area contributed by atoms with Gasteiger partial charge >= 0.3 is 0 Å². The summed E-state index contributed by atoms with van der Waals surface area (Å²) in [6, 6.07) is 0. The molecule has 0 radical (unpaired) electrons. The minimum absolute atomic E-state index is 0.0125. The van der Waals surface area contributed by atoms with Crippen LogP contribution in [0.25, 0.3) is 0 Å². The zero-order valence-electron chi connectivity index (χ0n) is 8.77. The first-order valence-electron chi connectivity index (χ1n) is 5.06. The summed E-state index contributed by atoms with van der Waals surface area (Å²) in [5.74, 6) is 0.0125. The maximum Gasteiger partial charge on any atom is 0.253 e. The summed E-state index contributed by atoms with van der Waals surface area (Å²) >= 11 is 0. The van der Waals surface area contributed by atoms with Gasteiger partial charge in [0.1, 0.15) is 6.61 Å². The number of carbonyl (C=O) groups is 1. The smallest absolute Gasteiger partial charge is 0.253 e. The highest BCUT2D eigenvalue weighted by atomic mass is 16.5. The van der Waals surface area contributed by atoms with E-state index in [4.69, 9.17) is 4.74 Å². The van der Waals surface area contributed by atoms with Gasteiger partial charge in [-0.15, -0.1) is 0 Å². The average Bonchev–Trinajstić information content (AvgIpc) is 2.44. The fourth-order valence-corrected chi connectivity index (χ4v) is 1.59. The molecule has 2 aliphatic rings. The summed E-state index contributed by atoms with van der Waals surface area (Å²) in [7, 11) is 0. The van der Waals surface area contributed by atoms with Crippen LogP contribution in [0.2, 0.25) is 0 Å². The fourth-order valence-electron chi connectivity index (χ4n) is 1.59. The van der Waals surface area contributed by atoms with Crippen molar-refractivity contribution in [2.24, 2.45) is 4.99 Å². The Morgan fingerprint density at radius 1 is 1.47 bits per heavy atom. The number of morpholine rings is 1. The van der Waals surface area contributed by atoms with Gasteiger partial charge in [0.05, 0.1) is 18.5 Å². The van der Waals surface area contributed by atoms with Gasteiger partial charge in [-0.05, 0) is 13.3 Å². The second-order valence-electron chi connectivity index (χ2n) is 3.57. The molecule has 0 aliphatic carbocycles. The van der Waals surface area contributed by atoms with Gasteiger partial charge in [-0.25, -0.2) is 0 Å². The summed E-state index contributed by atoms with van der Waals surface area (Å²) in [5.41, 5.74) is 1.87. The third-order valence-electron chi connectivity index (χ3n) is 2.44. The molecule has 1 saturated heterocycles. The van der Waals surface area contributed by atoms with Crippen LogP contribution < -0.4 is 0 Å². The lowest BCUT2D eigenvalue weighted by Crippen LogP contribution is -2.41. The molecular weight excluding hydrogens is 192 g/mol. The van der Waals surface area contributed by atoms with Crippen molar-refractivity contribution in [3.05, 3.63) is 23.5 Å². The SMILES string of the molecule is CC1=CCC=C(N2CCOCC2=O)C=N1. The van der Waals surface area contributed by atoms with Crippen molar-refractivity contribution >= 4 is 12.1 Å². The van der Waals surface area contributed by atoms with Gasteiger partial charge in [0.15, 0.2) is 0 Å². The standard InChI is InChI=1S/C11H14N2O2/c1-9-3-2-4-10(7-12-9)13-5-6-15-8-11(13)14/h3-4,7H,2,5-6,8H2,1H3. The molecule has 0 atom stereocenters. The predicted octanol–water partition coefficient (Wildman–Crippen LogP) is 1.11. The molecule has 4 heteroatoms. The van der Waals surface area contributed by atoms with Crippen molar-refractivity contribution in [1.82, 2.24) is 4.90 Å². The lowest BCUT2D eigenvalue weighted by Gasteiger charge is -2.27. The average molecular weight is 206 g/mol. The Labute approximate surface area is 88.9 Å². The van der Waals surface area contributed by atoms with E-state index in [0.717, 1.165) is 17.8 Å². The van der Waals surface area contributed by atoms with Crippen LogP contribution in [0, 0.1) is 0 Å². The van der Waals surface area contributed by atoms with Gasteiger partial charge < -0.3 is 9.64 Å². The zero-order chi connectivity index (χ0) is 10.7. The Bertz CT molecular complexity index is 356. The molecule has 0 unspecified atom stereocenters. The highest BCUT2D eigenvalue weighted by Crippen LogP contribution is 2.12. The van der Waals surface area contributed by atoms with Gasteiger partial charge in [-0.2, -0.15) is 0 Å². The Morgan fingerprint density at radius 3 is 3.13 bits per heavy atom. The molecule has 2 heterocycles. The first-order valence-corrected chi connectivity index (χ1v) is 5.06. The van der Waals surface area contributed by atoms with E-state index in [1.54, 1.807) is 11.1 Å². The third kappa shape index (κ3) is 2.33. The fraction of sp³-hybridized carbons (Fsp3) is 0.455. The largest absolute Gasteiger partial charge is 0.370 e. The number of allylic oxidation sites excluding steroid dienone is 4. The molecule has 0 spiro atoms. The van der Waals surface area contributed by atoms with Crippen molar-refractivity contribution < 1.29 is 9.53 Å². The van der Waals surface area contributed by atoms with E-state index < -0.39 is 0 Å². The van der Waals surface area contributed by atoms with E-state index in [9.17, 15) is 4.79 Å². The van der Waals surface area contributed by atoms with Crippen LogP contribution in [0.1, 0.15) is 13.3 Å². The monoisotopic (exact) mass is 206 g/mol. The number of ether oxygens (including phenoxy) is 1. The van der Waals surface area contributed by atoms with Crippen LogP contribution >= 0.6 is 0 Å². The summed E-state index contributed by atoms with van der Waals surface area (Å²) in [6.07, 6.45) is 6.63. The third-order valence-corrected chi connectivity index (χ3v) is 2.44. The van der Waals surface area contributed by atoms with Crippen molar-refractivity contribution in [2.75, 3.05) is 19.8 Å². The number of amides is 1. The lowest BCUT2D eigenvalue weighted by atomic mass is 10.2. The molecule has 0 aromatic carbocycles. The molecule has 80 valence electrons. The number of nitrogens with zero attached hydrogens (tertiary/aromatic N) is 2. The number of carbonyl (C=O) groups excluding carboxylic acids is 1. The maximum atomic E-state index is 11.6. The molecule has 15 heavy (non-hydrogen) atoms. The summed E-state index contributed by atoms with van der Waals surface area (Å²) < 4.78 is 5.08. The number of rotatable bonds is 1. The van der Waals surface area contributed by atoms with Gasteiger partial charge in [0.25, 0.3) is 5.91 Å². The van der Waals surface area contributed by atoms with Gasteiger partial charge in [0.2, 0.25) is 0 Å². The molecule has 2 aliphatic heterocycles. The molecule has 0 N–H and O–H groups in total. The summed E-state index contributed by atoms with van der Waals surface area (Å²) in [5, 5.41) is 0. The van der Waals surface area contributed by atoms with Crippen molar-refractivity contribution in [3.63, 3.8) is 0 Å². The van der Waals surface area contributed by atoms with E-state index >= 15 is 0 Å². The van der Waals surface area contributed by atoms with E-state index in [1.807, 2.05) is 19.1 Å². The van der Waals surface area contributed by atoms with Crippen molar-refractivity contribution in [1.29, 1.82) is 0 Å². The minimum Gasteiger partial charge on any atom is -0.370 e. The Kier molecular flexibility index (Phi) is 2.97. The normalized spacial score (nSPS) is 22.2. The first-order chi connectivity index (χ1) is 7.27. The van der Waals surface area contributed by atoms with E-state index in [0.29, 0.717) is 13.2 Å². The molecule has 4 nitrogen and oxygen atoms in total. The maximum absolute atomic E-state index is 11.6. The van der Waals surface area contributed by atoms with Crippen LogP contribution in [0.5, 0.6) is 0 Å². The topological polar surface area (TPSA) is 41.9 Å². The second-order valence-corrected chi connectivity index (χ2v) is 3.57. The Balaban J connectivity index is 2.13. The molecule has 1 amide bonds. The number of hydrogen-bond acceptors (Lipinski definition) is 3. The molecule has 0 saturated carbocycles. The van der Waals surface area contributed by atoms with E-state index in [2.05, 4.69) is 4.99 Å². The van der Waals surface area contributed by atoms with Gasteiger partial charge in [-0.1, -0.05) is 12.2 Å². The number of hydrogen-bond donors (Lipinski definition) is 0. The molecular formula is C11H14N2O2. The predicted molar refractivity (Wildman–Crippen MR) is 57.5 cm³/mol. The highest BCUT2D eigenvalue weighted by molar-refractivity contribution is 5.89. The Morgan fingerprint density at radius 2 is 2.33 bits per heavy atom. The van der Waals surface area contributed by atoms with Crippen LogP contribution in [0.3, 0.4) is 0 Å². The zero-order valence-corrected chi connectivity index (χ0v) is 8.77. The van der Waals surface area contributed by atoms with Crippen LogP contribution in [0.4, 0.5) is 0 Å². The van der Waals surface area contributed by atoms with Crippen molar-refractivity contribution in [2.45, 2.75) is 13.3 Å². The van der Waals surface area contributed by atoms with Crippen LogP contribution in [0.15, 0.2) is 28.5 Å². The van der Waals surface area contributed by atoms with Gasteiger partial charge in [0, 0.05) is 12.2 Å². The second kappa shape index (κ2) is 4.40. The van der Waals surface area contributed by atoms with Crippen molar-refractivity contribution in [3.8, 4) is 0 Å². The van der Waals surface area contributed by atoms with E-state index in [-0.39, 0.29) is 12.5 Å². The quantitative estimate of drug-likeness (QED) is 0.645. The summed E-state index contributed by atoms with van der Waals surface area (Å²) in [6.45, 7) is 3.35.